The molecule has 0 radical (unpaired) electrons. The van der Waals surface area contributed by atoms with Crippen molar-refractivity contribution in [3.63, 3.8) is 0 Å². The zero-order valence-electron chi connectivity index (χ0n) is 21.2. The maximum absolute atomic E-state index is 12.0. The van der Waals surface area contributed by atoms with Crippen LogP contribution in [0.25, 0.3) is 22.3 Å². The van der Waals surface area contributed by atoms with Crippen molar-refractivity contribution in [2.75, 3.05) is 24.7 Å². The molecule has 10 N–H and O–H groups in total. The maximum Gasteiger partial charge on any atom is 0.280 e. The fourth-order valence-electron chi connectivity index (χ4n) is 4.71. The first-order valence-electron chi connectivity index (χ1n) is 12.3. The second-order valence-corrected chi connectivity index (χ2v) is 9.40. The molecular weight excluding hydrogens is 568 g/mol. The van der Waals surface area contributed by atoms with E-state index >= 15 is 0 Å². The highest BCUT2D eigenvalue weighted by Crippen LogP contribution is 2.32. The molecule has 6 rings (SSSR count). The standard InChI is InChI=1S/C20H24N12O10/c21-19-25-13-7(15(37)27-19)23-3-31(13)17-11(35)9(33)5(41-17)1-39-29-30-40-2-6-10(34)12(36)18(42-6)32-4-24-8-14(32)26-20(22)28-16(8)38/h3-6,9-12,17-18,33-36H,1-2H2,(H3,21,25,27,37)(H3,22,26,28,38)/t5-,6-,9-,10-,11-,12-,17-,18-/m1/s1. The lowest BCUT2D eigenvalue weighted by atomic mass is 10.1. The number of aromatic amines is 2. The molecule has 4 aromatic rings. The summed E-state index contributed by atoms with van der Waals surface area (Å²) >= 11 is 0. The van der Waals surface area contributed by atoms with Crippen LogP contribution in [0.5, 0.6) is 0 Å². The molecule has 22 heteroatoms. The van der Waals surface area contributed by atoms with Crippen LogP contribution < -0.4 is 22.6 Å². The van der Waals surface area contributed by atoms with E-state index in [2.05, 4.69) is 40.5 Å². The molecule has 0 aromatic carbocycles. The quantitative estimate of drug-likeness (QED) is 0.0713. The normalized spacial score (nSPS) is 29.7. The topological polar surface area (TPSA) is 322 Å². The molecule has 0 amide bonds. The van der Waals surface area contributed by atoms with Crippen LogP contribution in [0.1, 0.15) is 12.5 Å². The second-order valence-electron chi connectivity index (χ2n) is 9.40. The summed E-state index contributed by atoms with van der Waals surface area (Å²) in [6, 6.07) is 0. The monoisotopic (exact) mass is 592 g/mol. The van der Waals surface area contributed by atoms with Crippen LogP contribution in [0, 0.1) is 0 Å². The van der Waals surface area contributed by atoms with Gasteiger partial charge in [-0.1, -0.05) is 0 Å². The highest BCUT2D eigenvalue weighted by Gasteiger charge is 2.46. The Labute approximate surface area is 231 Å². The van der Waals surface area contributed by atoms with E-state index in [1.54, 1.807) is 0 Å². The SMILES string of the molecule is Nc1nc2c(ncn2[C@@H]2O[C@H](CON=NOC[C@H]3O[C@@H](n4cnc5c(=O)[nH]c(N)nc54)[C@H](O)[C@@H]3O)[C@@H](O)[C@H]2O)c(=O)[nH]1. The average molecular weight is 592 g/mol. The summed E-state index contributed by atoms with van der Waals surface area (Å²) in [4.78, 5) is 54.5. The van der Waals surface area contributed by atoms with Crippen LogP contribution in [-0.2, 0) is 19.1 Å². The molecule has 42 heavy (non-hydrogen) atoms. The van der Waals surface area contributed by atoms with Crippen LogP contribution in [0.4, 0.5) is 11.9 Å². The van der Waals surface area contributed by atoms with E-state index in [0.29, 0.717) is 0 Å². The number of imidazole rings is 2. The van der Waals surface area contributed by atoms with Crippen LogP contribution in [0.3, 0.4) is 0 Å². The summed E-state index contributed by atoms with van der Waals surface area (Å²) < 4.78 is 13.8. The number of fused-ring (bicyclic) bond motifs is 2. The number of anilines is 2. The Morgan fingerprint density at radius 1 is 0.762 bits per heavy atom. The van der Waals surface area contributed by atoms with Gasteiger partial charge in [0.05, 0.1) is 23.2 Å². The van der Waals surface area contributed by atoms with Gasteiger partial charge in [0.1, 0.15) is 49.8 Å². The smallest absolute Gasteiger partial charge is 0.280 e. The molecule has 2 aliphatic rings. The Bertz CT molecular complexity index is 1630. The summed E-state index contributed by atoms with van der Waals surface area (Å²) in [7, 11) is 0. The Balaban J connectivity index is 1.02. The van der Waals surface area contributed by atoms with Gasteiger partial charge in [-0.15, -0.1) is 0 Å². The number of nitrogen functional groups attached to an aromatic ring is 2. The summed E-state index contributed by atoms with van der Waals surface area (Å²) in [5.74, 6) is -0.339. The average Bonchev–Trinajstić information content (AvgIpc) is 3.69. The molecular formula is C20H24N12O10. The lowest BCUT2D eigenvalue weighted by molar-refractivity contribution is -0.0879. The minimum atomic E-state index is -1.44. The number of aliphatic hydroxyl groups is 4. The third-order valence-electron chi connectivity index (χ3n) is 6.75. The van der Waals surface area contributed by atoms with Crippen LogP contribution in [-0.4, -0.2) is 109 Å². The van der Waals surface area contributed by atoms with E-state index in [0.717, 1.165) is 0 Å². The molecule has 2 saturated heterocycles. The van der Waals surface area contributed by atoms with Crippen molar-refractivity contribution in [2.24, 2.45) is 10.6 Å². The summed E-state index contributed by atoms with van der Waals surface area (Å²) in [6.45, 7) is -0.729. The van der Waals surface area contributed by atoms with Crippen LogP contribution in [0.2, 0.25) is 0 Å². The number of H-pyrrole nitrogens is 2. The molecule has 2 aliphatic heterocycles. The highest BCUT2D eigenvalue weighted by atomic mass is 16.7. The van der Waals surface area contributed by atoms with Crippen molar-refractivity contribution >= 4 is 34.2 Å². The van der Waals surface area contributed by atoms with Gasteiger partial charge in [0.25, 0.3) is 11.1 Å². The first kappa shape index (κ1) is 27.4. The minimum Gasteiger partial charge on any atom is -0.387 e. The molecule has 8 atom stereocenters. The molecule has 22 nitrogen and oxygen atoms in total. The van der Waals surface area contributed by atoms with Gasteiger partial charge in [0, 0.05) is 0 Å². The molecule has 4 aromatic heterocycles. The zero-order valence-corrected chi connectivity index (χ0v) is 21.2. The van der Waals surface area contributed by atoms with E-state index in [1.807, 2.05) is 0 Å². The highest BCUT2D eigenvalue weighted by molar-refractivity contribution is 5.71. The molecule has 0 unspecified atom stereocenters. The van der Waals surface area contributed by atoms with Gasteiger partial charge < -0.3 is 51.0 Å². The molecule has 2 fully saturated rings. The van der Waals surface area contributed by atoms with Crippen molar-refractivity contribution in [3.05, 3.63) is 33.4 Å². The summed E-state index contributed by atoms with van der Waals surface area (Å²) in [5, 5.41) is 48.5. The van der Waals surface area contributed by atoms with Gasteiger partial charge in [0.15, 0.2) is 34.8 Å². The Hall–Kier alpha value is -4.74. The molecule has 0 bridgehead atoms. The zero-order chi connectivity index (χ0) is 29.7. The minimum absolute atomic E-state index is 0.0367. The molecule has 6 heterocycles. The fourth-order valence-corrected chi connectivity index (χ4v) is 4.71. The number of hydrogen-bond acceptors (Lipinski definition) is 18. The van der Waals surface area contributed by atoms with E-state index in [4.69, 9.17) is 30.6 Å². The predicted molar refractivity (Wildman–Crippen MR) is 134 cm³/mol. The first-order valence-corrected chi connectivity index (χ1v) is 12.3. The number of rotatable bonds is 8. The van der Waals surface area contributed by atoms with Gasteiger partial charge >= 0.3 is 0 Å². The number of nitrogens with one attached hydrogen (secondary N) is 2. The lowest BCUT2D eigenvalue weighted by Gasteiger charge is -2.16. The number of aliphatic hydroxyl groups excluding tert-OH is 4. The van der Waals surface area contributed by atoms with Gasteiger partial charge in [-0.3, -0.25) is 28.7 Å². The van der Waals surface area contributed by atoms with Gasteiger partial charge in [-0.2, -0.15) is 9.97 Å². The van der Waals surface area contributed by atoms with Crippen LogP contribution in [0.15, 0.2) is 32.8 Å². The predicted octanol–water partition coefficient (Wildman–Crippen LogP) is -4.03. The van der Waals surface area contributed by atoms with Crippen molar-refractivity contribution in [3.8, 4) is 0 Å². The largest absolute Gasteiger partial charge is 0.387 e. The molecule has 0 aliphatic carbocycles. The van der Waals surface area contributed by atoms with Crippen LogP contribution >= 0.6 is 0 Å². The second kappa shape index (κ2) is 10.6. The fraction of sp³-hybridized carbons (Fsp3) is 0.500. The number of aromatic nitrogens is 8. The number of nitrogens with zero attached hydrogens (tertiary/aromatic N) is 8. The Morgan fingerprint density at radius 3 is 1.57 bits per heavy atom. The Kier molecular flexibility index (Phi) is 6.91. The maximum atomic E-state index is 12.0. The van der Waals surface area contributed by atoms with Crippen molar-refractivity contribution in [1.82, 2.24) is 39.0 Å². The summed E-state index contributed by atoms with van der Waals surface area (Å²) in [5.41, 5.74) is 10.0. The molecule has 0 saturated carbocycles. The first-order chi connectivity index (χ1) is 20.1. The number of ether oxygens (including phenoxy) is 2. The van der Waals surface area contributed by atoms with Crippen molar-refractivity contribution < 1.29 is 39.6 Å². The van der Waals surface area contributed by atoms with E-state index in [1.165, 1.54) is 21.8 Å². The van der Waals surface area contributed by atoms with Crippen molar-refractivity contribution in [1.29, 1.82) is 0 Å². The van der Waals surface area contributed by atoms with Crippen molar-refractivity contribution in [2.45, 2.75) is 49.1 Å². The number of hydrogen-bond donors (Lipinski definition) is 8. The third kappa shape index (κ3) is 4.66. The van der Waals surface area contributed by atoms with Gasteiger partial charge in [0.2, 0.25) is 11.9 Å². The summed E-state index contributed by atoms with van der Waals surface area (Å²) in [6.07, 6.45) is -7.76. The number of nitrogens with two attached hydrogens (primary N) is 2. The molecule has 224 valence electrons. The van der Waals surface area contributed by atoms with Gasteiger partial charge in [-0.05, 0) is 0 Å². The van der Waals surface area contributed by atoms with E-state index < -0.39 is 60.2 Å². The Morgan fingerprint density at radius 2 is 1.17 bits per heavy atom. The van der Waals surface area contributed by atoms with Gasteiger partial charge in [-0.25, -0.2) is 9.97 Å². The van der Waals surface area contributed by atoms with E-state index in [9.17, 15) is 30.0 Å². The lowest BCUT2D eigenvalue weighted by Crippen LogP contribution is -2.33. The third-order valence-corrected chi connectivity index (χ3v) is 6.75. The molecule has 0 spiro atoms. The van der Waals surface area contributed by atoms with E-state index in [-0.39, 0.29) is 47.4 Å².